The molecule has 0 spiro atoms. The van der Waals surface area contributed by atoms with E-state index in [-0.39, 0.29) is 12.0 Å². The van der Waals surface area contributed by atoms with Gasteiger partial charge >= 0.3 is 0 Å². The van der Waals surface area contributed by atoms with Crippen LogP contribution in [0.5, 0.6) is 0 Å². The third kappa shape index (κ3) is 1.93. The molecule has 0 unspecified atom stereocenters. The van der Waals surface area contributed by atoms with Crippen molar-refractivity contribution in [1.82, 2.24) is 4.90 Å². The molecule has 2 rings (SSSR count). The fraction of sp³-hybridized carbons (Fsp3) is 0.889. The first-order valence-corrected chi connectivity index (χ1v) is 5.96. The van der Waals surface area contributed by atoms with Gasteiger partial charge in [0.2, 0.25) is 0 Å². The molecular formula is C9H16N2O4S. The molecule has 2 aliphatic heterocycles. The molecular weight excluding hydrogens is 232 g/mol. The highest BCUT2D eigenvalue weighted by Crippen LogP contribution is 2.36. The first-order valence-electron chi connectivity index (χ1n) is 5.09. The zero-order valence-corrected chi connectivity index (χ0v) is 9.96. The van der Waals surface area contributed by atoms with Crippen LogP contribution in [0.3, 0.4) is 0 Å². The molecule has 7 heteroatoms. The molecule has 92 valence electrons. The summed E-state index contributed by atoms with van der Waals surface area (Å²) in [5.41, 5.74) is -0.326. The third-order valence-corrected chi connectivity index (χ3v) is 4.02. The SMILES string of the molecule is CN(C)C1=N[C@@H]2[C@@H](O)[C@H](O)[C@@H](CO)O[C@@H]2S1. The lowest BCUT2D eigenvalue weighted by Crippen LogP contribution is -2.55. The maximum Gasteiger partial charge on any atom is 0.161 e. The number of aliphatic hydroxyl groups is 3. The quantitative estimate of drug-likeness (QED) is 0.521. The van der Waals surface area contributed by atoms with E-state index in [4.69, 9.17) is 9.84 Å². The van der Waals surface area contributed by atoms with E-state index in [0.717, 1.165) is 5.17 Å². The second-order valence-electron chi connectivity index (χ2n) is 4.12. The number of ether oxygens (including phenoxy) is 1. The molecule has 16 heavy (non-hydrogen) atoms. The largest absolute Gasteiger partial charge is 0.394 e. The first-order chi connectivity index (χ1) is 7.54. The van der Waals surface area contributed by atoms with Gasteiger partial charge in [-0.3, -0.25) is 4.99 Å². The average molecular weight is 248 g/mol. The number of fused-ring (bicyclic) bond motifs is 1. The molecule has 0 amide bonds. The Kier molecular flexibility index (Phi) is 3.41. The Hall–Kier alpha value is -0.340. The Morgan fingerprint density at radius 3 is 2.62 bits per heavy atom. The minimum Gasteiger partial charge on any atom is -0.394 e. The van der Waals surface area contributed by atoms with Crippen molar-refractivity contribution in [3.05, 3.63) is 0 Å². The van der Waals surface area contributed by atoms with Crippen molar-refractivity contribution in [2.75, 3.05) is 20.7 Å². The van der Waals surface area contributed by atoms with Gasteiger partial charge in [0.05, 0.1) is 6.61 Å². The lowest BCUT2D eigenvalue weighted by molar-refractivity contribution is -0.164. The van der Waals surface area contributed by atoms with Crippen LogP contribution in [0.1, 0.15) is 0 Å². The van der Waals surface area contributed by atoms with Gasteiger partial charge in [0.25, 0.3) is 0 Å². The van der Waals surface area contributed by atoms with E-state index in [0.29, 0.717) is 0 Å². The number of aliphatic hydroxyl groups excluding tert-OH is 3. The van der Waals surface area contributed by atoms with Crippen LogP contribution in [-0.4, -0.2) is 75.9 Å². The average Bonchev–Trinajstić information content (AvgIpc) is 2.67. The van der Waals surface area contributed by atoms with E-state index in [1.165, 1.54) is 11.8 Å². The zero-order valence-electron chi connectivity index (χ0n) is 9.15. The fourth-order valence-corrected chi connectivity index (χ4v) is 2.95. The van der Waals surface area contributed by atoms with E-state index in [1.807, 2.05) is 19.0 Å². The van der Waals surface area contributed by atoms with Crippen molar-refractivity contribution in [2.24, 2.45) is 4.99 Å². The van der Waals surface area contributed by atoms with Gasteiger partial charge in [-0.05, 0) is 0 Å². The van der Waals surface area contributed by atoms with Crippen LogP contribution in [0.4, 0.5) is 0 Å². The summed E-state index contributed by atoms with van der Waals surface area (Å²) >= 11 is 1.40. The molecule has 0 radical (unpaired) electrons. The Morgan fingerprint density at radius 2 is 2.06 bits per heavy atom. The molecule has 0 bridgehead atoms. The van der Waals surface area contributed by atoms with Crippen LogP contribution in [0.15, 0.2) is 4.99 Å². The highest BCUT2D eigenvalue weighted by Gasteiger charge is 2.48. The second-order valence-corrected chi connectivity index (χ2v) is 5.19. The van der Waals surface area contributed by atoms with E-state index in [2.05, 4.69) is 4.99 Å². The van der Waals surface area contributed by atoms with Crippen molar-refractivity contribution in [2.45, 2.75) is 29.8 Å². The van der Waals surface area contributed by atoms with Gasteiger partial charge in [-0.1, -0.05) is 11.8 Å². The normalized spacial score (nSPS) is 42.8. The van der Waals surface area contributed by atoms with E-state index in [9.17, 15) is 10.2 Å². The summed E-state index contributed by atoms with van der Waals surface area (Å²) in [4.78, 5) is 6.13. The van der Waals surface area contributed by atoms with Crippen molar-refractivity contribution < 1.29 is 20.1 Å². The predicted molar refractivity (Wildman–Crippen MR) is 60.3 cm³/mol. The highest BCUT2D eigenvalue weighted by molar-refractivity contribution is 8.14. The van der Waals surface area contributed by atoms with Crippen LogP contribution >= 0.6 is 11.8 Å². The summed E-state index contributed by atoms with van der Waals surface area (Å²) < 4.78 is 5.48. The molecule has 0 aromatic carbocycles. The maximum absolute atomic E-state index is 9.87. The Balaban J connectivity index is 2.14. The third-order valence-electron chi connectivity index (χ3n) is 2.71. The molecule has 6 nitrogen and oxygen atoms in total. The van der Waals surface area contributed by atoms with E-state index >= 15 is 0 Å². The predicted octanol–water partition coefficient (Wildman–Crippen LogP) is -1.54. The molecule has 0 aliphatic carbocycles. The van der Waals surface area contributed by atoms with Crippen LogP contribution in [-0.2, 0) is 4.74 Å². The van der Waals surface area contributed by atoms with Crippen LogP contribution in [0, 0.1) is 0 Å². The number of thioether (sulfide) groups is 1. The molecule has 2 aliphatic rings. The van der Waals surface area contributed by atoms with Gasteiger partial charge in [-0.15, -0.1) is 0 Å². The lowest BCUT2D eigenvalue weighted by atomic mass is 9.99. The van der Waals surface area contributed by atoms with Crippen molar-refractivity contribution in [3.63, 3.8) is 0 Å². The topological polar surface area (TPSA) is 85.5 Å². The van der Waals surface area contributed by atoms with Crippen molar-refractivity contribution in [1.29, 1.82) is 0 Å². The van der Waals surface area contributed by atoms with Gasteiger partial charge in [-0.25, -0.2) is 0 Å². The van der Waals surface area contributed by atoms with E-state index in [1.54, 1.807) is 0 Å². The Morgan fingerprint density at radius 1 is 1.38 bits per heavy atom. The Labute approximate surface area is 97.9 Å². The summed E-state index contributed by atoms with van der Waals surface area (Å²) in [6.45, 7) is -0.306. The van der Waals surface area contributed by atoms with Gasteiger partial charge in [-0.2, -0.15) is 0 Å². The van der Waals surface area contributed by atoms with Crippen LogP contribution < -0.4 is 0 Å². The fourth-order valence-electron chi connectivity index (χ4n) is 1.78. The van der Waals surface area contributed by atoms with Gasteiger partial charge in [0.1, 0.15) is 29.8 Å². The molecule has 1 fully saturated rings. The molecule has 3 N–H and O–H groups in total. The number of hydrogen-bond donors (Lipinski definition) is 3. The van der Waals surface area contributed by atoms with Crippen molar-refractivity contribution in [3.8, 4) is 0 Å². The van der Waals surface area contributed by atoms with Gasteiger partial charge in [0.15, 0.2) is 5.17 Å². The molecule has 0 saturated carbocycles. The minimum absolute atomic E-state index is 0.306. The number of nitrogens with zero attached hydrogens (tertiary/aromatic N) is 2. The monoisotopic (exact) mass is 248 g/mol. The minimum atomic E-state index is -1.09. The lowest BCUT2D eigenvalue weighted by Gasteiger charge is -2.37. The number of rotatable bonds is 1. The maximum atomic E-state index is 9.87. The Bertz CT molecular complexity index is 299. The second kappa shape index (κ2) is 4.50. The summed E-state index contributed by atoms with van der Waals surface area (Å²) in [7, 11) is 3.71. The highest BCUT2D eigenvalue weighted by atomic mass is 32.2. The van der Waals surface area contributed by atoms with E-state index < -0.39 is 24.4 Å². The number of amidine groups is 1. The smallest absolute Gasteiger partial charge is 0.161 e. The molecule has 1 saturated heterocycles. The summed E-state index contributed by atoms with van der Waals surface area (Å²) in [6.07, 6.45) is -2.81. The van der Waals surface area contributed by atoms with Crippen molar-refractivity contribution >= 4 is 16.9 Å². The molecule has 5 atom stereocenters. The molecule has 0 aromatic rings. The summed E-state index contributed by atoms with van der Waals surface area (Å²) in [6, 6.07) is -0.458. The number of hydrogen-bond acceptors (Lipinski definition) is 7. The van der Waals surface area contributed by atoms with Gasteiger partial charge < -0.3 is 25.0 Å². The number of aliphatic imine (C=N–C) groups is 1. The van der Waals surface area contributed by atoms with Crippen LogP contribution in [0.25, 0.3) is 0 Å². The molecule has 0 aromatic heterocycles. The summed E-state index contributed by atoms with van der Waals surface area (Å²) in [5.74, 6) is 0. The standard InChI is InChI=1S/C9H16N2O4S/c1-11(2)9-10-5-7(14)6(13)4(3-12)15-8(5)16-9/h4-8,12-14H,3H2,1-2H3/t4-,5-,6-,7-,8-/m1/s1. The van der Waals surface area contributed by atoms with Gasteiger partial charge in [0, 0.05) is 14.1 Å². The van der Waals surface area contributed by atoms with Crippen LogP contribution in [0.2, 0.25) is 0 Å². The zero-order chi connectivity index (χ0) is 11.9. The summed E-state index contributed by atoms with van der Waals surface area (Å²) in [5, 5.41) is 29.3. The molecule has 2 heterocycles. The first kappa shape index (κ1) is 12.1.